The van der Waals surface area contributed by atoms with E-state index in [2.05, 4.69) is 24.3 Å². The molecule has 4 saturated heterocycles. The molecule has 5 aliphatic rings. The van der Waals surface area contributed by atoms with Crippen LogP contribution in [0.25, 0.3) is 0 Å². The Labute approximate surface area is 210 Å². The van der Waals surface area contributed by atoms with Crippen molar-refractivity contribution < 1.29 is 37.9 Å². The lowest BCUT2D eigenvalue weighted by Gasteiger charge is -2.28. The van der Waals surface area contributed by atoms with Gasteiger partial charge in [0.15, 0.2) is 0 Å². The third-order valence-electron chi connectivity index (χ3n) is 7.51. The second-order valence-corrected chi connectivity index (χ2v) is 10.1. The molecule has 2 aromatic carbocycles. The van der Waals surface area contributed by atoms with Crippen LogP contribution in [0.2, 0.25) is 0 Å². The van der Waals surface area contributed by atoms with E-state index in [1.54, 1.807) is 0 Å². The molecule has 2 aromatic rings. The number of benzene rings is 2. The molecule has 0 N–H and O–H groups in total. The largest absolute Gasteiger partial charge is 0.370 e. The predicted octanol–water partition coefficient (Wildman–Crippen LogP) is 2.54. The summed E-state index contributed by atoms with van der Waals surface area (Å²) in [6, 6.07) is 16.5. The molecule has 4 fully saturated rings. The highest BCUT2D eigenvalue weighted by Gasteiger charge is 2.49. The van der Waals surface area contributed by atoms with Crippen molar-refractivity contribution in [2.24, 2.45) is 0 Å². The third-order valence-corrected chi connectivity index (χ3v) is 7.51. The Bertz CT molecular complexity index is 880. The number of hydrogen-bond acceptors (Lipinski definition) is 8. The maximum absolute atomic E-state index is 6.50. The summed E-state index contributed by atoms with van der Waals surface area (Å²) in [6.07, 6.45) is -0.713. The molecule has 0 bridgehead atoms. The normalized spacial score (nSPS) is 38.4. The van der Waals surface area contributed by atoms with Crippen molar-refractivity contribution in [2.75, 3.05) is 26.4 Å². The molecule has 5 aliphatic heterocycles. The first-order valence-corrected chi connectivity index (χ1v) is 12.9. The van der Waals surface area contributed by atoms with Gasteiger partial charge in [0.05, 0.1) is 52.9 Å². The van der Waals surface area contributed by atoms with E-state index >= 15 is 0 Å². The molecule has 0 amide bonds. The lowest BCUT2D eigenvalue weighted by molar-refractivity contribution is -0.111. The zero-order chi connectivity index (χ0) is 23.9. The zero-order valence-electron chi connectivity index (χ0n) is 20.2. The van der Waals surface area contributed by atoms with Crippen molar-refractivity contribution in [1.82, 2.24) is 0 Å². The van der Waals surface area contributed by atoms with Crippen LogP contribution in [-0.4, -0.2) is 75.3 Å². The first kappa shape index (κ1) is 23.3. The van der Waals surface area contributed by atoms with Crippen molar-refractivity contribution in [3.63, 3.8) is 0 Å². The summed E-state index contributed by atoms with van der Waals surface area (Å²) >= 11 is 0. The van der Waals surface area contributed by atoms with Crippen LogP contribution >= 0.6 is 0 Å². The van der Waals surface area contributed by atoms with Crippen LogP contribution in [0.4, 0.5) is 0 Å². The first-order chi connectivity index (χ1) is 17.8. The Hall–Kier alpha value is -1.88. The van der Waals surface area contributed by atoms with Gasteiger partial charge >= 0.3 is 0 Å². The van der Waals surface area contributed by atoms with Crippen molar-refractivity contribution >= 4 is 0 Å². The minimum absolute atomic E-state index is 0.0239. The average Bonchev–Trinajstić information content (AvgIpc) is 3.72. The zero-order valence-corrected chi connectivity index (χ0v) is 20.2. The van der Waals surface area contributed by atoms with Gasteiger partial charge in [-0.2, -0.15) is 0 Å². The van der Waals surface area contributed by atoms with E-state index in [9.17, 15) is 0 Å². The maximum atomic E-state index is 6.50. The summed E-state index contributed by atoms with van der Waals surface area (Å²) < 4.78 is 48.7. The van der Waals surface area contributed by atoms with Gasteiger partial charge in [-0.15, -0.1) is 0 Å². The van der Waals surface area contributed by atoms with Gasteiger partial charge < -0.3 is 37.9 Å². The van der Waals surface area contributed by atoms with Gasteiger partial charge in [0, 0.05) is 0 Å². The van der Waals surface area contributed by atoms with E-state index in [0.717, 1.165) is 22.3 Å². The van der Waals surface area contributed by atoms with Crippen LogP contribution in [0.15, 0.2) is 48.5 Å². The van der Waals surface area contributed by atoms with E-state index in [4.69, 9.17) is 37.9 Å². The summed E-state index contributed by atoms with van der Waals surface area (Å²) in [7, 11) is 0. The molecule has 5 heterocycles. The number of fused-ring (bicyclic) bond motifs is 2. The quantitative estimate of drug-likeness (QED) is 0.597. The summed E-state index contributed by atoms with van der Waals surface area (Å²) in [4.78, 5) is 0. The minimum atomic E-state index is -0.202. The fourth-order valence-electron chi connectivity index (χ4n) is 5.06. The van der Waals surface area contributed by atoms with Crippen molar-refractivity contribution in [2.45, 2.75) is 75.3 Å². The van der Waals surface area contributed by atoms with Crippen LogP contribution in [-0.2, 0) is 64.3 Å². The van der Waals surface area contributed by atoms with Crippen molar-refractivity contribution in [3.05, 3.63) is 70.8 Å². The monoisotopic (exact) mass is 496 g/mol. The fourth-order valence-corrected chi connectivity index (χ4v) is 5.06. The average molecular weight is 497 g/mol. The van der Waals surface area contributed by atoms with E-state index in [1.165, 1.54) is 0 Å². The molecule has 8 atom stereocenters. The molecule has 36 heavy (non-hydrogen) atoms. The maximum Gasteiger partial charge on any atom is 0.115 e. The van der Waals surface area contributed by atoms with Crippen molar-refractivity contribution in [1.29, 1.82) is 0 Å². The number of rotatable bonds is 4. The van der Waals surface area contributed by atoms with Crippen LogP contribution in [0.1, 0.15) is 22.3 Å². The lowest BCUT2D eigenvalue weighted by atomic mass is 10.0. The minimum Gasteiger partial charge on any atom is -0.370 e. The fraction of sp³-hybridized carbons (Fsp3) is 0.571. The molecule has 8 nitrogen and oxygen atoms in total. The Kier molecular flexibility index (Phi) is 6.53. The highest BCUT2D eigenvalue weighted by molar-refractivity contribution is 5.27. The van der Waals surface area contributed by atoms with Gasteiger partial charge in [-0.1, -0.05) is 48.5 Å². The smallest absolute Gasteiger partial charge is 0.115 e. The molecule has 0 spiro atoms. The van der Waals surface area contributed by atoms with Crippen LogP contribution in [0, 0.1) is 0 Å². The second kappa shape index (κ2) is 10.1. The summed E-state index contributed by atoms with van der Waals surface area (Å²) in [6.45, 7) is 4.51. The molecule has 0 radical (unpaired) electrons. The van der Waals surface area contributed by atoms with Crippen LogP contribution < -0.4 is 0 Å². The van der Waals surface area contributed by atoms with Gasteiger partial charge in [0.25, 0.3) is 0 Å². The van der Waals surface area contributed by atoms with Gasteiger partial charge in [-0.25, -0.2) is 0 Å². The standard InChI is InChI=1S/C28H32O8/c1-2-6-18-10-34-27(23-15-31-23)28(24-16-32-24)36-12-20-8-4-3-7-19(20)11-35-26(22-14-30-22)25(21-13-29-21)33-9-17(18)5-1/h1-8,21-28H,9-16H2/t21-,22-,23-,24-,25-,26-,27-,28-/m1/s1. The topological polar surface area (TPSA) is 87.0 Å². The Balaban J connectivity index is 1.19. The second-order valence-electron chi connectivity index (χ2n) is 10.1. The molecular weight excluding hydrogens is 464 g/mol. The van der Waals surface area contributed by atoms with E-state index in [-0.39, 0.29) is 48.8 Å². The first-order valence-electron chi connectivity index (χ1n) is 12.9. The molecule has 0 aliphatic carbocycles. The number of ether oxygens (including phenoxy) is 8. The Morgan fingerprint density at radius 3 is 0.778 bits per heavy atom. The third kappa shape index (κ3) is 5.37. The van der Waals surface area contributed by atoms with Crippen molar-refractivity contribution in [3.8, 4) is 0 Å². The summed E-state index contributed by atoms with van der Waals surface area (Å²) in [5.74, 6) is 0. The Morgan fingerprint density at radius 1 is 0.361 bits per heavy atom. The van der Waals surface area contributed by atoms with Gasteiger partial charge in [0.2, 0.25) is 0 Å². The predicted molar refractivity (Wildman–Crippen MR) is 126 cm³/mol. The SMILES string of the molecule is c1ccc2c(c1)CO[C@H]([C@H]1CO1)[C@@H]([C@H]1CO1)OCc1ccccc1CO[C@H]([C@H]1CO1)[C@@H]([C@H]1CO1)OC2. The molecule has 0 aromatic heterocycles. The highest BCUT2D eigenvalue weighted by Crippen LogP contribution is 2.33. The van der Waals surface area contributed by atoms with Crippen LogP contribution in [0.3, 0.4) is 0 Å². The van der Waals surface area contributed by atoms with E-state index < -0.39 is 0 Å². The number of epoxide rings is 4. The van der Waals surface area contributed by atoms with E-state index in [1.807, 2.05) is 24.3 Å². The lowest BCUT2D eigenvalue weighted by Crippen LogP contribution is -2.41. The Morgan fingerprint density at radius 2 is 0.583 bits per heavy atom. The highest BCUT2D eigenvalue weighted by atomic mass is 16.6. The molecule has 0 saturated carbocycles. The van der Waals surface area contributed by atoms with Gasteiger partial charge in [-0.05, 0) is 22.3 Å². The molecule has 8 heteroatoms. The molecule has 7 rings (SSSR count). The van der Waals surface area contributed by atoms with Gasteiger partial charge in [-0.3, -0.25) is 0 Å². The number of hydrogen-bond donors (Lipinski definition) is 0. The van der Waals surface area contributed by atoms with Gasteiger partial charge in [0.1, 0.15) is 48.8 Å². The molecule has 0 unspecified atom stereocenters. The summed E-state index contributed by atoms with van der Waals surface area (Å²) in [5.41, 5.74) is 4.36. The molecule has 192 valence electrons. The van der Waals surface area contributed by atoms with Crippen LogP contribution in [0.5, 0.6) is 0 Å². The van der Waals surface area contributed by atoms with E-state index in [0.29, 0.717) is 52.9 Å². The molecular formula is C28H32O8. The summed E-state index contributed by atoms with van der Waals surface area (Å²) in [5, 5.41) is 0.